The molecular weight excluding hydrogens is 248 g/mol. The fourth-order valence-corrected chi connectivity index (χ4v) is 2.37. The molecule has 0 aromatic carbocycles. The van der Waals surface area contributed by atoms with Crippen molar-refractivity contribution in [2.24, 2.45) is 13.0 Å². The molecule has 1 aromatic rings. The topological polar surface area (TPSA) is 87.5 Å². The van der Waals surface area contributed by atoms with E-state index in [-0.39, 0.29) is 11.9 Å². The molecule has 1 aliphatic heterocycles. The monoisotopic (exact) mass is 266 g/mol. The lowest BCUT2D eigenvalue weighted by Crippen LogP contribution is -2.47. The highest BCUT2D eigenvalue weighted by molar-refractivity contribution is 5.83. The number of nitrogens with one attached hydrogen (secondary N) is 1. The number of aromatic nitrogens is 2. The molecule has 2 amide bonds. The van der Waals surface area contributed by atoms with Crippen LogP contribution in [0.5, 0.6) is 0 Å². The minimum Gasteiger partial charge on any atom is -0.480 e. The first kappa shape index (κ1) is 13.4. The van der Waals surface area contributed by atoms with E-state index in [1.807, 2.05) is 18.5 Å². The Kier molecular flexibility index (Phi) is 3.73. The molecule has 1 aromatic heterocycles. The summed E-state index contributed by atoms with van der Waals surface area (Å²) in [5, 5.41) is 11.9. The van der Waals surface area contributed by atoms with E-state index >= 15 is 0 Å². The first-order chi connectivity index (χ1) is 9.00. The molecule has 7 nitrogen and oxygen atoms in total. The van der Waals surface area contributed by atoms with Gasteiger partial charge < -0.3 is 19.9 Å². The van der Waals surface area contributed by atoms with E-state index in [9.17, 15) is 9.59 Å². The van der Waals surface area contributed by atoms with Crippen LogP contribution in [0.1, 0.15) is 19.2 Å². The molecule has 0 bridgehead atoms. The van der Waals surface area contributed by atoms with Crippen LogP contribution in [-0.2, 0) is 18.4 Å². The molecule has 2 N–H and O–H groups in total. The summed E-state index contributed by atoms with van der Waals surface area (Å²) in [5.74, 6) is -0.235. The number of amides is 2. The standard InChI is InChI=1S/C12H18N4O3/c1-8-3-5-16(10(8)11(17)18)12(19)14-7-9-13-4-6-15(9)2/h4,6,8,10H,3,5,7H2,1-2H3,(H,14,19)(H,17,18). The van der Waals surface area contributed by atoms with Crippen molar-refractivity contribution in [1.82, 2.24) is 19.8 Å². The Bertz CT molecular complexity index is 485. The molecule has 1 saturated heterocycles. The Balaban J connectivity index is 1.96. The van der Waals surface area contributed by atoms with Crippen LogP contribution < -0.4 is 5.32 Å². The molecule has 0 spiro atoms. The van der Waals surface area contributed by atoms with Gasteiger partial charge >= 0.3 is 12.0 Å². The zero-order valence-electron chi connectivity index (χ0n) is 11.0. The molecule has 104 valence electrons. The minimum atomic E-state index is -0.947. The second-order valence-electron chi connectivity index (χ2n) is 4.86. The first-order valence-corrected chi connectivity index (χ1v) is 6.24. The van der Waals surface area contributed by atoms with Gasteiger partial charge in [0.1, 0.15) is 11.9 Å². The molecule has 0 aliphatic carbocycles. The highest BCUT2D eigenvalue weighted by Crippen LogP contribution is 2.24. The summed E-state index contributed by atoms with van der Waals surface area (Å²) in [4.78, 5) is 28.7. The summed E-state index contributed by atoms with van der Waals surface area (Å²) in [6.45, 7) is 2.62. The number of rotatable bonds is 3. The number of carboxylic acid groups (broad SMARTS) is 1. The van der Waals surface area contributed by atoms with Crippen molar-refractivity contribution >= 4 is 12.0 Å². The second kappa shape index (κ2) is 5.29. The molecule has 7 heteroatoms. The largest absolute Gasteiger partial charge is 0.480 e. The Morgan fingerprint density at radius 1 is 1.58 bits per heavy atom. The zero-order chi connectivity index (χ0) is 14.0. The van der Waals surface area contributed by atoms with Gasteiger partial charge in [0.15, 0.2) is 0 Å². The van der Waals surface area contributed by atoms with Crippen LogP contribution in [0.15, 0.2) is 12.4 Å². The normalized spacial score (nSPS) is 22.5. The fourth-order valence-electron chi connectivity index (χ4n) is 2.37. The number of carboxylic acids is 1. The first-order valence-electron chi connectivity index (χ1n) is 6.24. The van der Waals surface area contributed by atoms with Gasteiger partial charge in [-0.2, -0.15) is 0 Å². The molecule has 2 rings (SSSR count). The number of carbonyl (C=O) groups is 2. The third-order valence-corrected chi connectivity index (χ3v) is 3.53. The van der Waals surface area contributed by atoms with Crippen LogP contribution in [-0.4, -0.2) is 44.1 Å². The van der Waals surface area contributed by atoms with Gasteiger partial charge in [-0.15, -0.1) is 0 Å². The molecular formula is C12H18N4O3. The molecule has 2 heterocycles. The van der Waals surface area contributed by atoms with E-state index < -0.39 is 12.0 Å². The third-order valence-electron chi connectivity index (χ3n) is 3.53. The molecule has 19 heavy (non-hydrogen) atoms. The Morgan fingerprint density at radius 3 is 2.89 bits per heavy atom. The number of aryl methyl sites for hydroxylation is 1. The summed E-state index contributed by atoms with van der Waals surface area (Å²) >= 11 is 0. The smallest absolute Gasteiger partial charge is 0.326 e. The lowest BCUT2D eigenvalue weighted by Gasteiger charge is -2.23. The van der Waals surface area contributed by atoms with E-state index in [1.165, 1.54) is 4.90 Å². The van der Waals surface area contributed by atoms with Gasteiger partial charge in [-0.25, -0.2) is 14.6 Å². The number of carbonyl (C=O) groups excluding carboxylic acids is 1. The van der Waals surface area contributed by atoms with Gasteiger partial charge in [0.25, 0.3) is 0 Å². The molecule has 2 atom stereocenters. The maximum atomic E-state index is 12.0. The van der Waals surface area contributed by atoms with Gasteiger partial charge in [-0.3, -0.25) is 0 Å². The average Bonchev–Trinajstić information content (AvgIpc) is 2.92. The van der Waals surface area contributed by atoms with E-state index in [4.69, 9.17) is 5.11 Å². The maximum Gasteiger partial charge on any atom is 0.326 e. The molecule has 1 aliphatic rings. The van der Waals surface area contributed by atoms with Crippen LogP contribution in [0.25, 0.3) is 0 Å². The lowest BCUT2D eigenvalue weighted by molar-refractivity contribution is -0.142. The quantitative estimate of drug-likeness (QED) is 0.830. The lowest BCUT2D eigenvalue weighted by atomic mass is 10.0. The van der Waals surface area contributed by atoms with Gasteiger partial charge in [0, 0.05) is 26.0 Å². The van der Waals surface area contributed by atoms with E-state index in [0.717, 1.165) is 5.82 Å². The number of imidazole rings is 1. The maximum absolute atomic E-state index is 12.0. The predicted molar refractivity (Wildman–Crippen MR) is 67.4 cm³/mol. The SMILES string of the molecule is CC1CCN(C(=O)NCc2nccn2C)C1C(=O)O. The number of urea groups is 1. The van der Waals surface area contributed by atoms with E-state index in [0.29, 0.717) is 19.5 Å². The Morgan fingerprint density at radius 2 is 2.32 bits per heavy atom. The van der Waals surface area contributed by atoms with Gasteiger partial charge in [-0.1, -0.05) is 6.92 Å². The van der Waals surface area contributed by atoms with Gasteiger partial charge in [-0.05, 0) is 12.3 Å². The van der Waals surface area contributed by atoms with Crippen molar-refractivity contribution in [1.29, 1.82) is 0 Å². The van der Waals surface area contributed by atoms with Crippen LogP contribution in [0.2, 0.25) is 0 Å². The van der Waals surface area contributed by atoms with E-state index in [2.05, 4.69) is 10.3 Å². The fraction of sp³-hybridized carbons (Fsp3) is 0.583. The molecule has 0 saturated carbocycles. The van der Waals surface area contributed by atoms with E-state index in [1.54, 1.807) is 12.4 Å². The van der Waals surface area contributed by atoms with Crippen molar-refractivity contribution in [2.45, 2.75) is 25.9 Å². The van der Waals surface area contributed by atoms with Crippen LogP contribution in [0.3, 0.4) is 0 Å². The van der Waals surface area contributed by atoms with Crippen molar-refractivity contribution in [3.63, 3.8) is 0 Å². The second-order valence-corrected chi connectivity index (χ2v) is 4.86. The molecule has 2 unspecified atom stereocenters. The van der Waals surface area contributed by atoms with Crippen LogP contribution in [0.4, 0.5) is 4.79 Å². The number of hydrogen-bond acceptors (Lipinski definition) is 3. The van der Waals surface area contributed by atoms with Crippen LogP contribution >= 0.6 is 0 Å². The number of nitrogens with zero attached hydrogens (tertiary/aromatic N) is 3. The van der Waals surface area contributed by atoms with Crippen molar-refractivity contribution < 1.29 is 14.7 Å². The average molecular weight is 266 g/mol. The highest BCUT2D eigenvalue weighted by Gasteiger charge is 2.39. The zero-order valence-corrected chi connectivity index (χ0v) is 11.0. The molecule has 1 fully saturated rings. The predicted octanol–water partition coefficient (Wildman–Crippen LogP) is 0.425. The third kappa shape index (κ3) is 2.69. The highest BCUT2D eigenvalue weighted by atomic mass is 16.4. The Labute approximate surface area is 111 Å². The van der Waals surface area contributed by atoms with Crippen LogP contribution in [0, 0.1) is 5.92 Å². The summed E-state index contributed by atoms with van der Waals surface area (Å²) < 4.78 is 1.81. The summed E-state index contributed by atoms with van der Waals surface area (Å²) in [6, 6.07) is -1.08. The minimum absolute atomic E-state index is 0.0172. The summed E-state index contributed by atoms with van der Waals surface area (Å²) in [7, 11) is 1.84. The van der Waals surface area contributed by atoms with Gasteiger partial charge in [0.2, 0.25) is 0 Å². The number of likely N-dealkylation sites (tertiary alicyclic amines) is 1. The Hall–Kier alpha value is -2.05. The molecule has 0 radical (unpaired) electrons. The van der Waals surface area contributed by atoms with Crippen molar-refractivity contribution in [3.8, 4) is 0 Å². The summed E-state index contributed by atoms with van der Waals surface area (Å²) in [6.07, 6.45) is 4.16. The van der Waals surface area contributed by atoms with Crippen molar-refractivity contribution in [2.75, 3.05) is 6.54 Å². The van der Waals surface area contributed by atoms with Gasteiger partial charge in [0.05, 0.1) is 6.54 Å². The number of aliphatic carboxylic acids is 1. The number of hydrogen-bond donors (Lipinski definition) is 2. The van der Waals surface area contributed by atoms with Crippen molar-refractivity contribution in [3.05, 3.63) is 18.2 Å². The summed E-state index contributed by atoms with van der Waals surface area (Å²) in [5.41, 5.74) is 0.